The number of carbonyl (C=O) groups excluding carboxylic acids is 1. The molecule has 1 amide bonds. The van der Waals surface area contributed by atoms with E-state index >= 15 is 0 Å². The van der Waals surface area contributed by atoms with Crippen LogP contribution in [0.1, 0.15) is 45.5 Å². The van der Waals surface area contributed by atoms with Gasteiger partial charge in [-0.3, -0.25) is 4.79 Å². The highest BCUT2D eigenvalue weighted by molar-refractivity contribution is 7.10. The molecule has 1 aromatic carbocycles. The van der Waals surface area contributed by atoms with Gasteiger partial charge in [-0.15, -0.1) is 11.3 Å². The molecule has 2 heterocycles. The number of nitrogens with one attached hydrogen (secondary N) is 1. The molecule has 1 N–H and O–H groups in total. The molecule has 26 heavy (non-hydrogen) atoms. The molecule has 3 aromatic rings. The van der Waals surface area contributed by atoms with Gasteiger partial charge in [-0.25, -0.2) is 4.98 Å². The van der Waals surface area contributed by atoms with Crippen LogP contribution in [0.15, 0.2) is 42.0 Å². The van der Waals surface area contributed by atoms with Crippen molar-refractivity contribution in [3.63, 3.8) is 0 Å². The summed E-state index contributed by atoms with van der Waals surface area (Å²) >= 11 is 1.73. The molecule has 4 rings (SSSR count). The minimum absolute atomic E-state index is 0.00950. The highest BCUT2D eigenvalue weighted by atomic mass is 32.1. The van der Waals surface area contributed by atoms with Crippen molar-refractivity contribution in [2.75, 3.05) is 5.32 Å². The Morgan fingerprint density at radius 1 is 1.35 bits per heavy atom. The molecule has 1 aliphatic carbocycles. The van der Waals surface area contributed by atoms with E-state index in [1.54, 1.807) is 11.3 Å². The first-order valence-corrected chi connectivity index (χ1v) is 9.95. The van der Waals surface area contributed by atoms with E-state index in [1.165, 1.54) is 22.4 Å². The van der Waals surface area contributed by atoms with Crippen molar-refractivity contribution in [1.82, 2.24) is 9.55 Å². The van der Waals surface area contributed by atoms with Gasteiger partial charge < -0.3 is 9.88 Å². The number of aryl methyl sites for hydroxylation is 1. The third-order valence-corrected chi connectivity index (χ3v) is 6.19. The van der Waals surface area contributed by atoms with Crippen LogP contribution in [0.25, 0.3) is 0 Å². The molecular formula is C21H23N3OS. The van der Waals surface area contributed by atoms with E-state index in [-0.39, 0.29) is 5.91 Å². The fraction of sp³-hybridized carbons (Fsp3) is 0.333. The van der Waals surface area contributed by atoms with Crippen molar-refractivity contribution in [2.24, 2.45) is 5.92 Å². The van der Waals surface area contributed by atoms with Crippen molar-refractivity contribution >= 4 is 22.9 Å². The van der Waals surface area contributed by atoms with E-state index in [0.29, 0.717) is 0 Å². The van der Waals surface area contributed by atoms with Crippen molar-refractivity contribution < 1.29 is 4.79 Å². The highest BCUT2D eigenvalue weighted by Crippen LogP contribution is 2.33. The molecule has 0 fully saturated rings. The zero-order valence-electron chi connectivity index (χ0n) is 15.2. The number of carbonyl (C=O) groups is 1. The number of imidazole rings is 1. The van der Waals surface area contributed by atoms with Gasteiger partial charge in [-0.05, 0) is 55.4 Å². The monoisotopic (exact) mass is 365 g/mol. The molecule has 5 heteroatoms. The molecule has 1 unspecified atom stereocenters. The Hall–Kier alpha value is -2.40. The average Bonchev–Trinajstić information content (AvgIpc) is 3.22. The zero-order valence-corrected chi connectivity index (χ0v) is 16.0. The van der Waals surface area contributed by atoms with Gasteiger partial charge in [0.25, 0.3) is 5.91 Å². The maximum absolute atomic E-state index is 12.7. The predicted molar refractivity (Wildman–Crippen MR) is 106 cm³/mol. The molecule has 0 spiro atoms. The Balaban J connectivity index is 1.44. The van der Waals surface area contributed by atoms with E-state index in [9.17, 15) is 4.79 Å². The summed E-state index contributed by atoms with van der Waals surface area (Å²) in [5.74, 6) is 1.73. The van der Waals surface area contributed by atoms with E-state index in [4.69, 9.17) is 0 Å². The van der Waals surface area contributed by atoms with Gasteiger partial charge in [-0.2, -0.15) is 0 Å². The van der Waals surface area contributed by atoms with Gasteiger partial charge >= 0.3 is 0 Å². The Morgan fingerprint density at radius 2 is 2.15 bits per heavy atom. The summed E-state index contributed by atoms with van der Waals surface area (Å²) in [7, 11) is 0. The standard InChI is InChI=1S/C21H23N3OS/c1-14-3-8-18-19(13-26-20(18)11-14)21(25)23-17-6-4-16(5-7-17)12-24-10-9-22-15(24)2/h4-7,9-10,13-14H,3,8,11-12H2,1-2H3,(H,23,25). The second-order valence-electron chi connectivity index (χ2n) is 7.15. The normalized spacial score (nSPS) is 16.3. The summed E-state index contributed by atoms with van der Waals surface area (Å²) in [6.45, 7) is 5.07. The van der Waals surface area contributed by atoms with Crippen LogP contribution in [0, 0.1) is 12.8 Å². The van der Waals surface area contributed by atoms with Crippen LogP contribution >= 0.6 is 11.3 Å². The van der Waals surface area contributed by atoms with Crippen LogP contribution < -0.4 is 5.32 Å². The van der Waals surface area contributed by atoms with Crippen LogP contribution in [0.5, 0.6) is 0 Å². The lowest BCUT2D eigenvalue weighted by atomic mass is 9.88. The fourth-order valence-electron chi connectivity index (χ4n) is 3.53. The number of benzene rings is 1. The largest absolute Gasteiger partial charge is 0.331 e. The van der Waals surface area contributed by atoms with Gasteiger partial charge in [0, 0.05) is 34.9 Å². The fourth-order valence-corrected chi connectivity index (χ4v) is 4.77. The molecule has 0 saturated heterocycles. The summed E-state index contributed by atoms with van der Waals surface area (Å²) in [6.07, 6.45) is 7.09. The summed E-state index contributed by atoms with van der Waals surface area (Å²) in [6, 6.07) is 8.06. The molecule has 0 aliphatic heterocycles. The van der Waals surface area contributed by atoms with Gasteiger partial charge in [-0.1, -0.05) is 19.1 Å². The van der Waals surface area contributed by atoms with E-state index in [0.717, 1.165) is 42.4 Å². The summed E-state index contributed by atoms with van der Waals surface area (Å²) in [5.41, 5.74) is 4.14. The minimum atomic E-state index is 0.00950. The number of hydrogen-bond donors (Lipinski definition) is 1. The number of thiophene rings is 1. The third-order valence-electron chi connectivity index (χ3n) is 5.13. The van der Waals surface area contributed by atoms with Gasteiger partial charge in [0.15, 0.2) is 0 Å². The second kappa shape index (κ2) is 7.08. The van der Waals surface area contributed by atoms with Crippen LogP contribution in [-0.4, -0.2) is 15.5 Å². The predicted octanol–water partition coefficient (Wildman–Crippen LogP) is 4.68. The van der Waals surface area contributed by atoms with E-state index in [1.807, 2.05) is 36.8 Å². The van der Waals surface area contributed by atoms with Crippen molar-refractivity contribution in [2.45, 2.75) is 39.7 Å². The number of rotatable bonds is 4. The number of amides is 1. The Kier molecular flexibility index (Phi) is 4.64. The first-order valence-electron chi connectivity index (χ1n) is 9.07. The lowest BCUT2D eigenvalue weighted by Crippen LogP contribution is -2.16. The summed E-state index contributed by atoms with van der Waals surface area (Å²) < 4.78 is 2.10. The molecular weight excluding hydrogens is 342 g/mol. The molecule has 1 aliphatic rings. The van der Waals surface area contributed by atoms with Crippen molar-refractivity contribution in [3.8, 4) is 0 Å². The van der Waals surface area contributed by atoms with Crippen LogP contribution in [0.2, 0.25) is 0 Å². The molecule has 0 saturated carbocycles. The van der Waals surface area contributed by atoms with Crippen LogP contribution in [0.3, 0.4) is 0 Å². The average molecular weight is 366 g/mol. The smallest absolute Gasteiger partial charge is 0.256 e. The highest BCUT2D eigenvalue weighted by Gasteiger charge is 2.23. The van der Waals surface area contributed by atoms with Crippen LogP contribution in [-0.2, 0) is 19.4 Å². The SMILES string of the molecule is Cc1nccn1Cc1ccc(NC(=O)c2csc3c2CCC(C)C3)cc1. The number of fused-ring (bicyclic) bond motifs is 1. The first-order chi connectivity index (χ1) is 12.6. The summed E-state index contributed by atoms with van der Waals surface area (Å²) in [5, 5.41) is 5.07. The summed E-state index contributed by atoms with van der Waals surface area (Å²) in [4.78, 5) is 18.3. The Bertz CT molecular complexity index is 923. The maximum atomic E-state index is 12.7. The quantitative estimate of drug-likeness (QED) is 0.730. The lowest BCUT2D eigenvalue weighted by molar-refractivity contribution is 0.102. The second-order valence-corrected chi connectivity index (χ2v) is 8.12. The minimum Gasteiger partial charge on any atom is -0.331 e. The molecule has 2 aromatic heterocycles. The number of aromatic nitrogens is 2. The zero-order chi connectivity index (χ0) is 18.1. The maximum Gasteiger partial charge on any atom is 0.256 e. The topological polar surface area (TPSA) is 46.9 Å². The third kappa shape index (κ3) is 3.44. The molecule has 0 radical (unpaired) electrons. The number of anilines is 1. The Labute approximate surface area is 157 Å². The number of nitrogens with zero attached hydrogens (tertiary/aromatic N) is 2. The van der Waals surface area contributed by atoms with E-state index in [2.05, 4.69) is 33.9 Å². The van der Waals surface area contributed by atoms with Gasteiger partial charge in [0.05, 0.1) is 5.56 Å². The van der Waals surface area contributed by atoms with Crippen molar-refractivity contribution in [1.29, 1.82) is 0 Å². The van der Waals surface area contributed by atoms with E-state index < -0.39 is 0 Å². The van der Waals surface area contributed by atoms with Gasteiger partial charge in [0.1, 0.15) is 5.82 Å². The molecule has 134 valence electrons. The Morgan fingerprint density at radius 3 is 2.88 bits per heavy atom. The van der Waals surface area contributed by atoms with Gasteiger partial charge in [0.2, 0.25) is 0 Å². The number of hydrogen-bond acceptors (Lipinski definition) is 3. The lowest BCUT2D eigenvalue weighted by Gasteiger charge is -2.18. The molecule has 4 nitrogen and oxygen atoms in total. The molecule has 0 bridgehead atoms. The van der Waals surface area contributed by atoms with Crippen LogP contribution in [0.4, 0.5) is 5.69 Å². The van der Waals surface area contributed by atoms with Crippen molar-refractivity contribution in [3.05, 3.63) is 69.4 Å². The molecule has 1 atom stereocenters. The first kappa shape index (κ1) is 17.0.